The van der Waals surface area contributed by atoms with Crippen molar-refractivity contribution in [3.8, 4) is 10.6 Å². The van der Waals surface area contributed by atoms with Gasteiger partial charge in [0.2, 0.25) is 0 Å². The molecule has 1 aliphatic rings. The Hall–Kier alpha value is -1.34. The van der Waals surface area contributed by atoms with Crippen molar-refractivity contribution >= 4 is 33.4 Å². The number of hydrogen-bond donors (Lipinski definition) is 1. The number of halogens is 1. The second-order valence-electron chi connectivity index (χ2n) is 7.12. The van der Waals surface area contributed by atoms with Crippen LogP contribution in [-0.4, -0.2) is 32.6 Å². The second kappa shape index (κ2) is 6.52. The molecule has 1 aliphatic heterocycles. The number of likely N-dealkylation sites (tertiary alicyclic amines) is 1. The van der Waals surface area contributed by atoms with Crippen molar-refractivity contribution in [2.75, 3.05) is 0 Å². The highest BCUT2D eigenvalue weighted by Crippen LogP contribution is 2.37. The number of nitrogens with one attached hydrogen (secondary N) is 1. The molecule has 0 bridgehead atoms. The van der Waals surface area contributed by atoms with E-state index in [4.69, 9.17) is 4.74 Å². The fourth-order valence-corrected chi connectivity index (χ4v) is 4.32. The van der Waals surface area contributed by atoms with E-state index in [-0.39, 0.29) is 18.2 Å². The minimum absolute atomic E-state index is 0.0630. The molecule has 0 saturated carbocycles. The van der Waals surface area contributed by atoms with Crippen LogP contribution in [0.15, 0.2) is 22.1 Å². The summed E-state index contributed by atoms with van der Waals surface area (Å²) >= 11 is 5.13. The summed E-state index contributed by atoms with van der Waals surface area (Å²) in [6, 6.07) is 4.15. The van der Waals surface area contributed by atoms with Gasteiger partial charge < -0.3 is 9.72 Å². The maximum Gasteiger partial charge on any atom is 0.411 e. The first-order valence-electron chi connectivity index (χ1n) is 8.06. The van der Waals surface area contributed by atoms with Crippen molar-refractivity contribution in [3.05, 3.63) is 27.9 Å². The third kappa shape index (κ3) is 3.67. The molecule has 1 fully saturated rings. The molecule has 7 heteroatoms. The largest absolute Gasteiger partial charge is 0.444 e. The van der Waals surface area contributed by atoms with Crippen LogP contribution in [0, 0.1) is 0 Å². The van der Waals surface area contributed by atoms with E-state index in [2.05, 4.69) is 38.9 Å². The summed E-state index contributed by atoms with van der Waals surface area (Å²) in [6.07, 6.45) is 3.41. The van der Waals surface area contributed by atoms with Crippen molar-refractivity contribution in [2.24, 2.45) is 0 Å². The van der Waals surface area contributed by atoms with Gasteiger partial charge in [-0.3, -0.25) is 4.90 Å². The first kappa shape index (κ1) is 17.5. The Morgan fingerprint density at radius 1 is 1.42 bits per heavy atom. The molecule has 0 aliphatic carbocycles. The van der Waals surface area contributed by atoms with Gasteiger partial charge in [-0.15, -0.1) is 11.3 Å². The highest BCUT2D eigenvalue weighted by Gasteiger charge is 2.39. The van der Waals surface area contributed by atoms with E-state index in [1.165, 1.54) is 0 Å². The summed E-state index contributed by atoms with van der Waals surface area (Å²) in [6.45, 7) is 7.73. The number of rotatable bonds is 2. The Balaban J connectivity index is 1.82. The topological polar surface area (TPSA) is 58.2 Å². The van der Waals surface area contributed by atoms with Crippen molar-refractivity contribution in [1.82, 2.24) is 14.9 Å². The molecule has 0 unspecified atom stereocenters. The van der Waals surface area contributed by atoms with E-state index >= 15 is 0 Å². The molecule has 1 N–H and O–H groups in total. The number of nitrogens with zero attached hydrogens (tertiary/aromatic N) is 2. The fourth-order valence-electron chi connectivity index (χ4n) is 2.96. The van der Waals surface area contributed by atoms with Crippen molar-refractivity contribution in [1.29, 1.82) is 0 Å². The SMILES string of the molecule is C[C@H]1CC[C@H](c2ncc(-c3ccc(Br)s3)[nH]2)N1C(=O)OC(C)(C)C. The summed E-state index contributed by atoms with van der Waals surface area (Å²) in [7, 11) is 0. The molecule has 2 aromatic heterocycles. The van der Waals surface area contributed by atoms with Crippen LogP contribution in [0.4, 0.5) is 4.79 Å². The van der Waals surface area contributed by atoms with Crippen LogP contribution in [0.5, 0.6) is 0 Å². The number of carbonyl (C=O) groups excluding carboxylic acids is 1. The zero-order chi connectivity index (χ0) is 17.5. The third-order valence-electron chi connectivity index (χ3n) is 4.02. The summed E-state index contributed by atoms with van der Waals surface area (Å²) in [5.74, 6) is 0.824. The molecule has 24 heavy (non-hydrogen) atoms. The van der Waals surface area contributed by atoms with E-state index in [0.29, 0.717) is 0 Å². The van der Waals surface area contributed by atoms with Gasteiger partial charge in [0.1, 0.15) is 11.4 Å². The predicted molar refractivity (Wildman–Crippen MR) is 99.1 cm³/mol. The van der Waals surface area contributed by atoms with Gasteiger partial charge in [0.05, 0.1) is 26.6 Å². The molecule has 0 spiro atoms. The first-order valence-corrected chi connectivity index (χ1v) is 9.67. The van der Waals surface area contributed by atoms with Gasteiger partial charge in [0.15, 0.2) is 0 Å². The van der Waals surface area contributed by atoms with Crippen LogP contribution in [0.1, 0.15) is 52.4 Å². The number of aromatic amines is 1. The third-order valence-corrected chi connectivity index (χ3v) is 5.68. The summed E-state index contributed by atoms with van der Waals surface area (Å²) in [5.41, 5.74) is 0.478. The van der Waals surface area contributed by atoms with E-state index in [1.54, 1.807) is 11.3 Å². The number of aromatic nitrogens is 2. The minimum Gasteiger partial charge on any atom is -0.444 e. The zero-order valence-electron chi connectivity index (χ0n) is 14.3. The smallest absolute Gasteiger partial charge is 0.411 e. The average molecular weight is 412 g/mol. The van der Waals surface area contributed by atoms with Gasteiger partial charge in [-0.2, -0.15) is 0 Å². The van der Waals surface area contributed by atoms with Gasteiger partial charge in [0.25, 0.3) is 0 Å². The van der Waals surface area contributed by atoms with E-state index in [9.17, 15) is 4.79 Å². The molecule has 0 aromatic carbocycles. The number of carbonyl (C=O) groups is 1. The lowest BCUT2D eigenvalue weighted by Gasteiger charge is -2.30. The highest BCUT2D eigenvalue weighted by atomic mass is 79.9. The van der Waals surface area contributed by atoms with Crippen molar-refractivity contribution in [3.63, 3.8) is 0 Å². The van der Waals surface area contributed by atoms with E-state index < -0.39 is 5.60 Å². The summed E-state index contributed by atoms with van der Waals surface area (Å²) in [4.78, 5) is 23.4. The molecular weight excluding hydrogens is 390 g/mol. The van der Waals surface area contributed by atoms with Crippen LogP contribution >= 0.6 is 27.3 Å². The molecule has 130 valence electrons. The monoisotopic (exact) mass is 411 g/mol. The number of thiophene rings is 1. The maximum atomic E-state index is 12.6. The van der Waals surface area contributed by atoms with E-state index in [0.717, 1.165) is 33.0 Å². The molecule has 3 rings (SSSR count). The van der Waals surface area contributed by atoms with Crippen molar-refractivity contribution in [2.45, 2.75) is 58.2 Å². The van der Waals surface area contributed by atoms with E-state index in [1.807, 2.05) is 37.9 Å². The molecule has 2 aromatic rings. The Morgan fingerprint density at radius 2 is 2.17 bits per heavy atom. The van der Waals surface area contributed by atoms with Gasteiger partial charge in [-0.05, 0) is 68.6 Å². The van der Waals surface area contributed by atoms with Gasteiger partial charge >= 0.3 is 6.09 Å². The zero-order valence-corrected chi connectivity index (χ0v) is 16.7. The van der Waals surface area contributed by atoms with Crippen LogP contribution in [0.2, 0.25) is 0 Å². The van der Waals surface area contributed by atoms with Crippen LogP contribution in [0.25, 0.3) is 10.6 Å². The normalized spacial score (nSPS) is 21.3. The molecule has 2 atom stereocenters. The van der Waals surface area contributed by atoms with Gasteiger partial charge in [0, 0.05) is 6.04 Å². The standard InChI is InChI=1S/C17H22BrN3O2S/c1-10-5-6-12(21(10)16(22)23-17(2,3)4)15-19-9-11(20-15)13-7-8-14(18)24-13/h7-10,12H,5-6H2,1-4H3,(H,19,20)/t10-,12+/m0/s1. The quantitative estimate of drug-likeness (QED) is 0.722. The Bertz CT molecular complexity index is 734. The number of ether oxygens (including phenoxy) is 1. The number of H-pyrrole nitrogens is 1. The number of imidazole rings is 1. The van der Waals surface area contributed by atoms with Crippen LogP contribution < -0.4 is 0 Å². The highest BCUT2D eigenvalue weighted by molar-refractivity contribution is 9.11. The number of hydrogen-bond acceptors (Lipinski definition) is 4. The lowest BCUT2D eigenvalue weighted by atomic mass is 10.2. The van der Waals surface area contributed by atoms with Crippen LogP contribution in [0.3, 0.4) is 0 Å². The Morgan fingerprint density at radius 3 is 2.79 bits per heavy atom. The predicted octanol–water partition coefficient (Wildman–Crippen LogP) is 5.36. The molecular formula is C17H22BrN3O2S. The minimum atomic E-state index is -0.498. The van der Waals surface area contributed by atoms with Crippen molar-refractivity contribution < 1.29 is 9.53 Å². The van der Waals surface area contributed by atoms with Crippen LogP contribution in [-0.2, 0) is 4.74 Å². The molecule has 3 heterocycles. The molecule has 5 nitrogen and oxygen atoms in total. The first-order chi connectivity index (χ1) is 11.2. The summed E-state index contributed by atoms with van der Waals surface area (Å²) in [5, 5.41) is 0. The summed E-state index contributed by atoms with van der Waals surface area (Å²) < 4.78 is 6.66. The average Bonchev–Trinajstić information content (AvgIpc) is 3.15. The Labute approximate surface area is 154 Å². The molecule has 1 saturated heterocycles. The van der Waals surface area contributed by atoms with Gasteiger partial charge in [-0.1, -0.05) is 0 Å². The maximum absolute atomic E-state index is 12.6. The lowest BCUT2D eigenvalue weighted by molar-refractivity contribution is 0.0152. The number of amides is 1. The molecule has 0 radical (unpaired) electrons. The fraction of sp³-hybridized carbons (Fsp3) is 0.529. The lowest BCUT2D eigenvalue weighted by Crippen LogP contribution is -2.40. The molecule has 1 amide bonds. The Kier molecular flexibility index (Phi) is 4.75. The van der Waals surface area contributed by atoms with Gasteiger partial charge in [-0.25, -0.2) is 9.78 Å². The second-order valence-corrected chi connectivity index (χ2v) is 9.58.